The van der Waals surface area contributed by atoms with Crippen LogP contribution in [-0.4, -0.2) is 44.6 Å². The monoisotopic (exact) mass is 313 g/mol. The first-order chi connectivity index (χ1) is 10.8. The van der Waals surface area contributed by atoms with E-state index in [4.69, 9.17) is 4.74 Å². The minimum absolute atomic E-state index is 0.317. The van der Waals surface area contributed by atoms with Crippen molar-refractivity contribution in [3.63, 3.8) is 0 Å². The number of rotatable bonds is 4. The topological polar surface area (TPSA) is 38.2 Å². The third kappa shape index (κ3) is 2.96. The van der Waals surface area contributed by atoms with E-state index < -0.39 is 0 Å². The van der Waals surface area contributed by atoms with E-state index in [2.05, 4.69) is 38.8 Å². The molecule has 2 aliphatic rings. The summed E-state index contributed by atoms with van der Waals surface area (Å²) in [6, 6.07) is 8.11. The van der Waals surface area contributed by atoms with Gasteiger partial charge < -0.3 is 4.74 Å². The SMILES string of the molecule is c1cncc(O[C@@H]2CSC3(C2)CN(Cc2ccncc2)C3)c1. The molecule has 2 fully saturated rings. The van der Waals surface area contributed by atoms with E-state index in [1.165, 1.54) is 5.56 Å². The Kier molecular flexibility index (Phi) is 3.76. The van der Waals surface area contributed by atoms with Crippen molar-refractivity contribution in [1.82, 2.24) is 14.9 Å². The van der Waals surface area contributed by atoms with Gasteiger partial charge in [-0.2, -0.15) is 0 Å². The summed E-state index contributed by atoms with van der Waals surface area (Å²) in [7, 11) is 0. The molecular weight excluding hydrogens is 294 g/mol. The van der Waals surface area contributed by atoms with Crippen LogP contribution in [0.3, 0.4) is 0 Å². The molecule has 1 atom stereocenters. The van der Waals surface area contributed by atoms with E-state index >= 15 is 0 Å². The molecule has 22 heavy (non-hydrogen) atoms. The van der Waals surface area contributed by atoms with Crippen molar-refractivity contribution >= 4 is 11.8 Å². The fourth-order valence-electron chi connectivity index (χ4n) is 3.33. The summed E-state index contributed by atoms with van der Waals surface area (Å²) in [6.45, 7) is 3.35. The van der Waals surface area contributed by atoms with Gasteiger partial charge in [0.2, 0.25) is 0 Å². The lowest BCUT2D eigenvalue weighted by Gasteiger charge is -2.47. The fourth-order valence-corrected chi connectivity index (χ4v) is 4.91. The zero-order valence-electron chi connectivity index (χ0n) is 12.4. The Morgan fingerprint density at radius 1 is 1.18 bits per heavy atom. The molecule has 2 aromatic rings. The predicted molar refractivity (Wildman–Crippen MR) is 88.0 cm³/mol. The highest BCUT2D eigenvalue weighted by atomic mass is 32.2. The number of hydrogen-bond donors (Lipinski definition) is 0. The van der Waals surface area contributed by atoms with E-state index in [9.17, 15) is 0 Å². The maximum atomic E-state index is 6.05. The van der Waals surface area contributed by atoms with Crippen LogP contribution in [0, 0.1) is 0 Å². The van der Waals surface area contributed by atoms with Crippen LogP contribution in [-0.2, 0) is 6.54 Å². The molecule has 0 bridgehead atoms. The highest BCUT2D eigenvalue weighted by Crippen LogP contribution is 2.46. The summed E-state index contributed by atoms with van der Waals surface area (Å²) in [5.41, 5.74) is 1.34. The van der Waals surface area contributed by atoms with Gasteiger partial charge in [-0.25, -0.2) is 0 Å². The van der Waals surface area contributed by atoms with Crippen LogP contribution in [0.2, 0.25) is 0 Å². The maximum Gasteiger partial charge on any atom is 0.138 e. The first kappa shape index (κ1) is 14.0. The minimum Gasteiger partial charge on any atom is -0.488 e. The van der Waals surface area contributed by atoms with Crippen LogP contribution in [0.5, 0.6) is 5.75 Å². The standard InChI is InChI=1S/C17H19N3OS/c1-2-15(9-19-5-1)21-16-8-17(22-11-16)12-20(13-17)10-14-3-6-18-7-4-14/h1-7,9,16H,8,10-13H2/t16-/m0/s1. The Morgan fingerprint density at radius 2 is 2.05 bits per heavy atom. The Hall–Kier alpha value is -1.59. The molecule has 114 valence electrons. The molecular formula is C17H19N3OS. The number of hydrogen-bond acceptors (Lipinski definition) is 5. The molecule has 0 saturated carbocycles. The van der Waals surface area contributed by atoms with Gasteiger partial charge in [-0.05, 0) is 29.8 Å². The first-order valence-electron chi connectivity index (χ1n) is 7.63. The second-order valence-electron chi connectivity index (χ2n) is 6.13. The van der Waals surface area contributed by atoms with Crippen molar-refractivity contribution in [3.8, 4) is 5.75 Å². The summed E-state index contributed by atoms with van der Waals surface area (Å²) in [4.78, 5) is 10.7. The van der Waals surface area contributed by atoms with Crippen LogP contribution >= 0.6 is 11.8 Å². The zero-order valence-corrected chi connectivity index (χ0v) is 13.2. The summed E-state index contributed by atoms with van der Waals surface area (Å²) in [5.74, 6) is 1.97. The molecule has 0 unspecified atom stereocenters. The lowest BCUT2D eigenvalue weighted by molar-refractivity contribution is 0.0920. The smallest absolute Gasteiger partial charge is 0.138 e. The van der Waals surface area contributed by atoms with Crippen LogP contribution in [0.25, 0.3) is 0 Å². The van der Waals surface area contributed by atoms with Crippen LogP contribution in [0.4, 0.5) is 0 Å². The molecule has 5 heteroatoms. The van der Waals surface area contributed by atoms with Gasteiger partial charge in [-0.15, -0.1) is 11.8 Å². The fraction of sp³-hybridized carbons (Fsp3) is 0.412. The molecule has 0 amide bonds. The average molecular weight is 313 g/mol. The average Bonchev–Trinajstić information content (AvgIpc) is 2.93. The van der Waals surface area contributed by atoms with E-state index in [1.807, 2.05) is 24.5 Å². The molecule has 1 spiro atoms. The highest BCUT2D eigenvalue weighted by molar-refractivity contribution is 8.01. The van der Waals surface area contributed by atoms with Gasteiger partial charge in [-0.3, -0.25) is 14.9 Å². The van der Waals surface area contributed by atoms with Gasteiger partial charge in [0.05, 0.1) is 6.20 Å². The molecule has 2 aromatic heterocycles. The first-order valence-corrected chi connectivity index (χ1v) is 8.62. The van der Waals surface area contributed by atoms with E-state index in [0.717, 1.165) is 37.6 Å². The van der Waals surface area contributed by atoms with Crippen LogP contribution in [0.1, 0.15) is 12.0 Å². The van der Waals surface area contributed by atoms with Crippen molar-refractivity contribution in [1.29, 1.82) is 0 Å². The number of nitrogens with zero attached hydrogens (tertiary/aromatic N) is 3. The minimum atomic E-state index is 0.317. The van der Waals surface area contributed by atoms with Crippen molar-refractivity contribution < 1.29 is 4.74 Å². The van der Waals surface area contributed by atoms with Gasteiger partial charge in [0, 0.05) is 55.1 Å². The molecule has 0 aromatic carbocycles. The number of ether oxygens (including phenoxy) is 1. The van der Waals surface area contributed by atoms with Crippen LogP contribution in [0.15, 0.2) is 49.1 Å². The third-order valence-electron chi connectivity index (χ3n) is 4.29. The molecule has 0 aliphatic carbocycles. The number of aromatic nitrogens is 2. The molecule has 4 nitrogen and oxygen atoms in total. The Morgan fingerprint density at radius 3 is 2.82 bits per heavy atom. The summed E-state index contributed by atoms with van der Waals surface area (Å²) >= 11 is 2.07. The lowest BCUT2D eigenvalue weighted by Crippen LogP contribution is -2.58. The summed E-state index contributed by atoms with van der Waals surface area (Å²) in [5, 5.41) is 0. The van der Waals surface area contributed by atoms with Crippen molar-refractivity contribution in [3.05, 3.63) is 54.6 Å². The van der Waals surface area contributed by atoms with Crippen molar-refractivity contribution in [2.45, 2.75) is 23.8 Å². The Bertz CT molecular complexity index is 616. The van der Waals surface area contributed by atoms with Gasteiger partial charge in [0.25, 0.3) is 0 Å². The van der Waals surface area contributed by atoms with Gasteiger partial charge in [0.1, 0.15) is 11.9 Å². The molecule has 4 rings (SSSR count). The van der Waals surface area contributed by atoms with E-state index in [0.29, 0.717) is 10.9 Å². The van der Waals surface area contributed by atoms with Gasteiger partial charge in [-0.1, -0.05) is 0 Å². The maximum absolute atomic E-state index is 6.05. The highest BCUT2D eigenvalue weighted by Gasteiger charge is 2.49. The zero-order chi connectivity index (χ0) is 14.8. The van der Waals surface area contributed by atoms with Crippen LogP contribution < -0.4 is 4.74 Å². The molecule has 0 radical (unpaired) electrons. The quantitative estimate of drug-likeness (QED) is 0.867. The molecule has 0 N–H and O–H groups in total. The molecule has 4 heterocycles. The van der Waals surface area contributed by atoms with Gasteiger partial charge in [0.15, 0.2) is 0 Å². The number of likely N-dealkylation sites (tertiary alicyclic amines) is 1. The Balaban J connectivity index is 1.29. The van der Waals surface area contributed by atoms with E-state index in [1.54, 1.807) is 12.4 Å². The second-order valence-corrected chi connectivity index (χ2v) is 7.62. The number of pyridine rings is 2. The van der Waals surface area contributed by atoms with Crippen molar-refractivity contribution in [2.75, 3.05) is 18.8 Å². The Labute approximate surface area is 134 Å². The molecule has 2 saturated heterocycles. The van der Waals surface area contributed by atoms with Gasteiger partial charge >= 0.3 is 0 Å². The van der Waals surface area contributed by atoms with E-state index in [-0.39, 0.29) is 0 Å². The third-order valence-corrected chi connectivity index (χ3v) is 5.87. The lowest BCUT2D eigenvalue weighted by atomic mass is 9.92. The molecule has 2 aliphatic heterocycles. The van der Waals surface area contributed by atoms with Crippen molar-refractivity contribution in [2.24, 2.45) is 0 Å². The number of thioether (sulfide) groups is 1. The normalized spacial score (nSPS) is 23.4. The second kappa shape index (κ2) is 5.89. The summed E-state index contributed by atoms with van der Waals surface area (Å²) in [6.07, 6.45) is 8.77. The predicted octanol–water partition coefficient (Wildman–Crippen LogP) is 2.62. The summed E-state index contributed by atoms with van der Waals surface area (Å²) < 4.78 is 6.45. The largest absolute Gasteiger partial charge is 0.488 e.